The van der Waals surface area contributed by atoms with E-state index in [1.807, 2.05) is 30.5 Å². The van der Waals surface area contributed by atoms with Crippen molar-refractivity contribution in [3.63, 3.8) is 0 Å². The minimum atomic E-state index is 0.0658. The van der Waals surface area contributed by atoms with Crippen molar-refractivity contribution in [2.75, 3.05) is 0 Å². The predicted octanol–water partition coefficient (Wildman–Crippen LogP) is 4.42. The summed E-state index contributed by atoms with van der Waals surface area (Å²) >= 11 is 7.41. The van der Waals surface area contributed by atoms with Gasteiger partial charge in [-0.15, -0.1) is 11.3 Å². The van der Waals surface area contributed by atoms with E-state index < -0.39 is 0 Å². The fourth-order valence-electron chi connectivity index (χ4n) is 2.01. The molecule has 1 aromatic carbocycles. The Balaban J connectivity index is 2.16. The van der Waals surface area contributed by atoms with Crippen molar-refractivity contribution in [1.29, 1.82) is 0 Å². The molecular weight excluding hydrogens is 266 g/mol. The number of benzene rings is 1. The average Bonchev–Trinajstić information content (AvgIpc) is 2.94. The third-order valence-electron chi connectivity index (χ3n) is 2.96. The topological polar surface area (TPSA) is 32.9 Å². The van der Waals surface area contributed by atoms with Gasteiger partial charge in [0, 0.05) is 27.7 Å². The van der Waals surface area contributed by atoms with E-state index in [1.165, 1.54) is 11.3 Å². The monoisotopic (exact) mass is 275 g/mol. The highest BCUT2D eigenvalue weighted by Crippen LogP contribution is 2.26. The first kappa shape index (κ1) is 11.5. The first-order valence-electron chi connectivity index (χ1n) is 5.52. The molecule has 0 atom stereocenters. The van der Waals surface area contributed by atoms with Gasteiger partial charge in [0.05, 0.1) is 4.88 Å². The second kappa shape index (κ2) is 4.26. The number of rotatable bonds is 2. The smallest absolute Gasteiger partial charge is 0.205 e. The number of aromatic amines is 1. The van der Waals surface area contributed by atoms with E-state index in [-0.39, 0.29) is 5.78 Å². The molecule has 0 radical (unpaired) electrons. The summed E-state index contributed by atoms with van der Waals surface area (Å²) in [7, 11) is 0. The van der Waals surface area contributed by atoms with E-state index >= 15 is 0 Å². The van der Waals surface area contributed by atoms with Gasteiger partial charge in [-0.3, -0.25) is 4.79 Å². The van der Waals surface area contributed by atoms with Crippen molar-refractivity contribution >= 4 is 39.6 Å². The maximum absolute atomic E-state index is 12.4. The molecule has 0 unspecified atom stereocenters. The first-order valence-corrected chi connectivity index (χ1v) is 6.78. The number of carbonyl (C=O) groups is 1. The van der Waals surface area contributed by atoms with E-state index in [2.05, 4.69) is 4.98 Å². The van der Waals surface area contributed by atoms with Crippen LogP contribution in [0.2, 0.25) is 5.02 Å². The predicted molar refractivity (Wildman–Crippen MR) is 75.8 cm³/mol. The van der Waals surface area contributed by atoms with Crippen LogP contribution in [0.4, 0.5) is 0 Å². The van der Waals surface area contributed by atoms with Crippen molar-refractivity contribution in [3.05, 3.63) is 56.9 Å². The fraction of sp³-hybridized carbons (Fsp3) is 0.0714. The van der Waals surface area contributed by atoms with Crippen molar-refractivity contribution in [2.24, 2.45) is 0 Å². The Bertz CT molecular complexity index is 741. The molecule has 3 rings (SSSR count). The van der Waals surface area contributed by atoms with Crippen molar-refractivity contribution in [2.45, 2.75) is 6.92 Å². The molecular formula is C14H10ClNOS. The molecule has 1 N–H and O–H groups in total. The summed E-state index contributed by atoms with van der Waals surface area (Å²) < 4.78 is 0. The maximum atomic E-state index is 12.4. The second-order valence-electron chi connectivity index (χ2n) is 4.15. The lowest BCUT2D eigenvalue weighted by Gasteiger charge is -1.98. The van der Waals surface area contributed by atoms with Crippen molar-refractivity contribution < 1.29 is 4.79 Å². The van der Waals surface area contributed by atoms with Crippen LogP contribution in [0.25, 0.3) is 10.9 Å². The summed E-state index contributed by atoms with van der Waals surface area (Å²) in [4.78, 5) is 16.3. The number of ketones is 1. The zero-order chi connectivity index (χ0) is 12.7. The Hall–Kier alpha value is -1.58. The van der Waals surface area contributed by atoms with E-state index in [0.717, 1.165) is 21.3 Å². The molecule has 0 aliphatic heterocycles. The number of aromatic nitrogens is 1. The summed E-state index contributed by atoms with van der Waals surface area (Å²) in [6.07, 6.45) is 1.75. The van der Waals surface area contributed by atoms with E-state index in [9.17, 15) is 4.79 Å². The van der Waals surface area contributed by atoms with Crippen LogP contribution in [-0.2, 0) is 0 Å². The number of carbonyl (C=O) groups excluding carboxylic acids is 1. The van der Waals surface area contributed by atoms with Gasteiger partial charge in [0.15, 0.2) is 0 Å². The summed E-state index contributed by atoms with van der Waals surface area (Å²) in [6.45, 7) is 1.95. The number of thiophene rings is 1. The highest BCUT2D eigenvalue weighted by atomic mass is 35.5. The van der Waals surface area contributed by atoms with Gasteiger partial charge < -0.3 is 4.98 Å². The Kier molecular flexibility index (Phi) is 2.73. The summed E-state index contributed by atoms with van der Waals surface area (Å²) in [6, 6.07) is 7.47. The number of aryl methyl sites for hydroxylation is 1. The average molecular weight is 276 g/mol. The van der Waals surface area contributed by atoms with Crippen LogP contribution in [0.1, 0.15) is 20.8 Å². The lowest BCUT2D eigenvalue weighted by Crippen LogP contribution is -1.99. The van der Waals surface area contributed by atoms with E-state index in [0.29, 0.717) is 10.6 Å². The molecule has 18 heavy (non-hydrogen) atoms. The van der Waals surface area contributed by atoms with Gasteiger partial charge in [-0.2, -0.15) is 0 Å². The molecule has 0 fully saturated rings. The molecule has 0 saturated carbocycles. The van der Waals surface area contributed by atoms with Crippen molar-refractivity contribution in [1.82, 2.24) is 4.98 Å². The van der Waals surface area contributed by atoms with Crippen LogP contribution in [0.5, 0.6) is 0 Å². The number of H-pyrrole nitrogens is 1. The number of halogens is 1. The summed E-state index contributed by atoms with van der Waals surface area (Å²) in [5.41, 5.74) is 2.61. The largest absolute Gasteiger partial charge is 0.360 e. The van der Waals surface area contributed by atoms with E-state index in [4.69, 9.17) is 11.6 Å². The fourth-order valence-corrected chi connectivity index (χ4v) is 3.07. The first-order chi connectivity index (χ1) is 8.66. The van der Waals surface area contributed by atoms with Crippen LogP contribution < -0.4 is 0 Å². The zero-order valence-corrected chi connectivity index (χ0v) is 11.2. The van der Waals surface area contributed by atoms with Gasteiger partial charge in [-0.25, -0.2) is 0 Å². The van der Waals surface area contributed by atoms with Crippen LogP contribution >= 0.6 is 22.9 Å². The third kappa shape index (κ3) is 1.76. The maximum Gasteiger partial charge on any atom is 0.205 e. The molecule has 2 aromatic heterocycles. The van der Waals surface area contributed by atoms with Crippen LogP contribution in [0.15, 0.2) is 35.8 Å². The molecule has 0 amide bonds. The lowest BCUT2D eigenvalue weighted by atomic mass is 10.1. The number of hydrogen-bond acceptors (Lipinski definition) is 2. The Morgan fingerprint density at radius 2 is 2.17 bits per heavy atom. The minimum absolute atomic E-state index is 0.0658. The molecule has 0 saturated heterocycles. The summed E-state index contributed by atoms with van der Waals surface area (Å²) in [5.74, 6) is 0.0658. The Morgan fingerprint density at radius 1 is 1.33 bits per heavy atom. The van der Waals surface area contributed by atoms with Gasteiger partial charge in [0.2, 0.25) is 5.78 Å². The van der Waals surface area contributed by atoms with Crippen LogP contribution in [-0.4, -0.2) is 10.8 Å². The quantitative estimate of drug-likeness (QED) is 0.690. The SMILES string of the molecule is Cc1ccsc1C(=O)c1c[nH]c2cc(Cl)ccc12. The molecule has 0 aliphatic rings. The molecule has 4 heteroatoms. The van der Waals surface area contributed by atoms with Gasteiger partial charge in [0.25, 0.3) is 0 Å². The molecule has 2 nitrogen and oxygen atoms in total. The van der Waals surface area contributed by atoms with Gasteiger partial charge >= 0.3 is 0 Å². The van der Waals surface area contributed by atoms with Crippen LogP contribution in [0.3, 0.4) is 0 Å². The Labute approximate surface area is 113 Å². The molecule has 0 aliphatic carbocycles. The van der Waals surface area contributed by atoms with Gasteiger partial charge in [-0.05, 0) is 36.1 Å². The standard InChI is InChI=1S/C14H10ClNOS/c1-8-4-5-18-14(8)13(17)11-7-16-12-6-9(15)2-3-10(11)12/h2-7,16H,1H3. The molecule has 0 bridgehead atoms. The molecule has 0 spiro atoms. The van der Waals surface area contributed by atoms with Crippen LogP contribution in [0, 0.1) is 6.92 Å². The minimum Gasteiger partial charge on any atom is -0.360 e. The molecule has 2 heterocycles. The van der Waals surface area contributed by atoms with Crippen molar-refractivity contribution in [3.8, 4) is 0 Å². The third-order valence-corrected chi connectivity index (χ3v) is 4.21. The number of fused-ring (bicyclic) bond motifs is 1. The second-order valence-corrected chi connectivity index (χ2v) is 5.51. The number of hydrogen-bond donors (Lipinski definition) is 1. The highest BCUT2D eigenvalue weighted by molar-refractivity contribution is 7.12. The normalized spacial score (nSPS) is 11.0. The molecule has 90 valence electrons. The Morgan fingerprint density at radius 3 is 2.89 bits per heavy atom. The zero-order valence-electron chi connectivity index (χ0n) is 9.66. The molecule has 3 aromatic rings. The number of nitrogens with one attached hydrogen (secondary N) is 1. The lowest BCUT2D eigenvalue weighted by molar-refractivity contribution is 0.104. The van der Waals surface area contributed by atoms with Gasteiger partial charge in [-0.1, -0.05) is 17.7 Å². The van der Waals surface area contributed by atoms with E-state index in [1.54, 1.807) is 12.3 Å². The van der Waals surface area contributed by atoms with Gasteiger partial charge in [0.1, 0.15) is 0 Å². The summed E-state index contributed by atoms with van der Waals surface area (Å²) in [5, 5.41) is 3.52. The highest BCUT2D eigenvalue weighted by Gasteiger charge is 2.17.